The van der Waals surface area contributed by atoms with Gasteiger partial charge in [-0.2, -0.15) is 4.98 Å². The lowest BCUT2D eigenvalue weighted by Gasteiger charge is -2.09. The van der Waals surface area contributed by atoms with Crippen LogP contribution in [0, 0.1) is 5.82 Å². The molecule has 0 radical (unpaired) electrons. The molecule has 154 valence electrons. The van der Waals surface area contributed by atoms with Gasteiger partial charge in [0.25, 0.3) is 5.56 Å². The molecule has 2 aromatic carbocycles. The molecule has 0 amide bonds. The van der Waals surface area contributed by atoms with E-state index in [1.54, 1.807) is 36.9 Å². The number of imidazole rings is 1. The van der Waals surface area contributed by atoms with Crippen LogP contribution in [0.25, 0.3) is 11.2 Å². The van der Waals surface area contributed by atoms with Crippen LogP contribution in [-0.2, 0) is 27.1 Å². The van der Waals surface area contributed by atoms with E-state index < -0.39 is 17.1 Å². The molecule has 0 aliphatic rings. The average Bonchev–Trinajstić information content (AvgIpc) is 3.08. The van der Waals surface area contributed by atoms with E-state index in [1.807, 2.05) is 30.3 Å². The standard InChI is InChI=1S/C22H22FN5O2/c1-26-18-19(25-21(26)24-13-12-15-8-4-3-5-9-15)27(2)22(30)28(20(18)29)14-16-10-6-7-11-17(16)23/h3-11H,12-14H2,1-2H3,(H,24,25). The fraction of sp³-hybridized carbons (Fsp3) is 0.227. The van der Waals surface area contributed by atoms with Gasteiger partial charge in [-0.3, -0.25) is 13.9 Å². The molecule has 0 saturated carbocycles. The summed E-state index contributed by atoms with van der Waals surface area (Å²) in [7, 11) is 3.28. The van der Waals surface area contributed by atoms with Crippen LogP contribution < -0.4 is 16.6 Å². The van der Waals surface area contributed by atoms with Gasteiger partial charge < -0.3 is 9.88 Å². The van der Waals surface area contributed by atoms with E-state index in [4.69, 9.17) is 0 Å². The van der Waals surface area contributed by atoms with Crippen molar-refractivity contribution < 1.29 is 4.39 Å². The molecule has 0 atom stereocenters. The van der Waals surface area contributed by atoms with Crippen molar-refractivity contribution in [1.82, 2.24) is 18.7 Å². The van der Waals surface area contributed by atoms with Crippen molar-refractivity contribution in [1.29, 1.82) is 0 Å². The van der Waals surface area contributed by atoms with E-state index >= 15 is 0 Å². The number of nitrogens with one attached hydrogen (secondary N) is 1. The highest BCUT2D eigenvalue weighted by Gasteiger charge is 2.19. The molecule has 0 saturated heterocycles. The van der Waals surface area contributed by atoms with Crippen molar-refractivity contribution in [3.8, 4) is 0 Å². The molecule has 0 aliphatic carbocycles. The highest BCUT2D eigenvalue weighted by atomic mass is 19.1. The molecule has 0 aliphatic heterocycles. The third-order valence-corrected chi connectivity index (χ3v) is 5.19. The summed E-state index contributed by atoms with van der Waals surface area (Å²) in [6.45, 7) is 0.481. The Bertz CT molecular complexity index is 1320. The van der Waals surface area contributed by atoms with E-state index in [-0.39, 0.29) is 17.6 Å². The second kappa shape index (κ2) is 7.98. The summed E-state index contributed by atoms with van der Waals surface area (Å²) in [5.41, 5.74) is 1.00. The Balaban J connectivity index is 1.69. The number of rotatable bonds is 6. The van der Waals surface area contributed by atoms with Crippen LogP contribution in [-0.4, -0.2) is 25.2 Å². The first-order valence-corrected chi connectivity index (χ1v) is 9.65. The van der Waals surface area contributed by atoms with E-state index in [9.17, 15) is 14.0 Å². The number of aromatic nitrogens is 4. The summed E-state index contributed by atoms with van der Waals surface area (Å²) in [6, 6.07) is 16.1. The summed E-state index contributed by atoms with van der Waals surface area (Å²) in [6.07, 6.45) is 0.792. The summed E-state index contributed by atoms with van der Waals surface area (Å²) in [5, 5.41) is 3.23. The number of anilines is 1. The van der Waals surface area contributed by atoms with Gasteiger partial charge >= 0.3 is 5.69 Å². The largest absolute Gasteiger partial charge is 0.355 e. The summed E-state index contributed by atoms with van der Waals surface area (Å²) in [5.74, 6) is 0.0384. The monoisotopic (exact) mass is 407 g/mol. The van der Waals surface area contributed by atoms with Crippen molar-refractivity contribution in [3.05, 3.63) is 92.4 Å². The molecular formula is C22H22FN5O2. The zero-order chi connectivity index (χ0) is 21.3. The van der Waals surface area contributed by atoms with Crippen molar-refractivity contribution in [2.75, 3.05) is 11.9 Å². The average molecular weight is 407 g/mol. The predicted octanol–water partition coefficient (Wildman–Crippen LogP) is 2.28. The van der Waals surface area contributed by atoms with Crippen LogP contribution in [0.4, 0.5) is 10.3 Å². The number of nitrogens with zero attached hydrogens (tertiary/aromatic N) is 4. The first-order chi connectivity index (χ1) is 14.5. The molecular weight excluding hydrogens is 385 g/mol. The van der Waals surface area contributed by atoms with E-state index in [0.29, 0.717) is 18.1 Å². The van der Waals surface area contributed by atoms with Gasteiger partial charge in [0.05, 0.1) is 6.54 Å². The highest BCUT2D eigenvalue weighted by molar-refractivity contribution is 5.74. The van der Waals surface area contributed by atoms with E-state index in [0.717, 1.165) is 11.0 Å². The molecule has 4 rings (SSSR count). The van der Waals surface area contributed by atoms with Gasteiger partial charge in [0, 0.05) is 26.2 Å². The maximum absolute atomic E-state index is 14.1. The lowest BCUT2D eigenvalue weighted by molar-refractivity contribution is 0.582. The third kappa shape index (κ3) is 3.52. The molecule has 8 heteroatoms. The van der Waals surface area contributed by atoms with Crippen molar-refractivity contribution in [2.45, 2.75) is 13.0 Å². The van der Waals surface area contributed by atoms with Crippen LogP contribution in [0.2, 0.25) is 0 Å². The summed E-state index contributed by atoms with van der Waals surface area (Å²) in [4.78, 5) is 30.3. The number of hydrogen-bond donors (Lipinski definition) is 1. The van der Waals surface area contributed by atoms with Crippen molar-refractivity contribution in [3.63, 3.8) is 0 Å². The first kappa shape index (κ1) is 19.6. The maximum atomic E-state index is 14.1. The van der Waals surface area contributed by atoms with Gasteiger partial charge in [-0.25, -0.2) is 9.18 Å². The van der Waals surface area contributed by atoms with Crippen LogP contribution in [0.15, 0.2) is 64.2 Å². The summed E-state index contributed by atoms with van der Waals surface area (Å²) >= 11 is 0. The van der Waals surface area contributed by atoms with Crippen LogP contribution >= 0.6 is 0 Å². The lowest BCUT2D eigenvalue weighted by Crippen LogP contribution is -2.40. The van der Waals surface area contributed by atoms with Gasteiger partial charge in [-0.1, -0.05) is 48.5 Å². The fourth-order valence-electron chi connectivity index (χ4n) is 3.50. The maximum Gasteiger partial charge on any atom is 0.332 e. The van der Waals surface area contributed by atoms with Gasteiger partial charge in [-0.05, 0) is 18.1 Å². The molecule has 0 fully saturated rings. The third-order valence-electron chi connectivity index (χ3n) is 5.19. The van der Waals surface area contributed by atoms with Crippen LogP contribution in [0.3, 0.4) is 0 Å². The number of halogens is 1. The summed E-state index contributed by atoms with van der Waals surface area (Å²) < 4.78 is 18.1. The minimum Gasteiger partial charge on any atom is -0.355 e. The second-order valence-electron chi connectivity index (χ2n) is 7.15. The zero-order valence-corrected chi connectivity index (χ0v) is 16.8. The van der Waals surface area contributed by atoms with Crippen molar-refractivity contribution >= 4 is 17.1 Å². The Morgan fingerprint density at radius 2 is 1.67 bits per heavy atom. The minimum absolute atomic E-state index is 0.143. The zero-order valence-electron chi connectivity index (χ0n) is 16.8. The normalized spacial score (nSPS) is 11.2. The molecule has 30 heavy (non-hydrogen) atoms. The molecule has 4 aromatic rings. The quantitative estimate of drug-likeness (QED) is 0.532. The topological polar surface area (TPSA) is 73.8 Å². The number of fused-ring (bicyclic) bond motifs is 1. The van der Waals surface area contributed by atoms with Gasteiger partial charge in [-0.15, -0.1) is 0 Å². The number of aryl methyl sites for hydroxylation is 2. The van der Waals surface area contributed by atoms with Gasteiger partial charge in [0.1, 0.15) is 5.82 Å². The Labute approximate surface area is 172 Å². The SMILES string of the molecule is Cn1c(NCCc2ccccc2)nc2c1c(=O)n(Cc1ccccc1F)c(=O)n2C. The smallest absolute Gasteiger partial charge is 0.332 e. The minimum atomic E-state index is -0.537. The number of hydrogen-bond acceptors (Lipinski definition) is 4. The van der Waals surface area contributed by atoms with Crippen molar-refractivity contribution in [2.24, 2.45) is 14.1 Å². The Kier molecular flexibility index (Phi) is 5.22. The van der Waals surface area contributed by atoms with Crippen LogP contribution in [0.1, 0.15) is 11.1 Å². The predicted molar refractivity (Wildman–Crippen MR) is 114 cm³/mol. The van der Waals surface area contributed by atoms with Crippen LogP contribution in [0.5, 0.6) is 0 Å². The molecule has 1 N–H and O–H groups in total. The van der Waals surface area contributed by atoms with Gasteiger partial charge in [0.2, 0.25) is 5.95 Å². The molecule has 0 unspecified atom stereocenters. The lowest BCUT2D eigenvalue weighted by atomic mass is 10.1. The fourth-order valence-corrected chi connectivity index (χ4v) is 3.50. The molecule has 0 spiro atoms. The van der Waals surface area contributed by atoms with E-state index in [1.165, 1.54) is 16.2 Å². The van der Waals surface area contributed by atoms with Gasteiger partial charge in [0.15, 0.2) is 11.2 Å². The Hall–Kier alpha value is -3.68. The van der Waals surface area contributed by atoms with E-state index in [2.05, 4.69) is 10.3 Å². The second-order valence-corrected chi connectivity index (χ2v) is 7.15. The molecule has 2 aromatic heterocycles. The molecule has 2 heterocycles. The Morgan fingerprint density at radius 1 is 0.967 bits per heavy atom. The Morgan fingerprint density at radius 3 is 2.40 bits per heavy atom. The number of benzene rings is 2. The molecule has 0 bridgehead atoms. The first-order valence-electron chi connectivity index (χ1n) is 9.65. The molecule has 7 nitrogen and oxygen atoms in total. The highest BCUT2D eigenvalue weighted by Crippen LogP contribution is 2.14.